The van der Waals surface area contributed by atoms with E-state index in [-0.39, 0.29) is 10.9 Å². The highest BCUT2D eigenvalue weighted by atomic mass is 79.9. The van der Waals surface area contributed by atoms with Crippen LogP contribution in [0.25, 0.3) is 0 Å². The first kappa shape index (κ1) is 16.5. The van der Waals surface area contributed by atoms with Crippen molar-refractivity contribution >= 4 is 37.6 Å². The van der Waals surface area contributed by atoms with Crippen LogP contribution < -0.4 is 0 Å². The molecule has 0 N–H and O–H groups in total. The van der Waals surface area contributed by atoms with Gasteiger partial charge in [0.25, 0.3) is 0 Å². The highest BCUT2D eigenvalue weighted by Gasteiger charge is 2.27. The van der Waals surface area contributed by atoms with Gasteiger partial charge in [-0.25, -0.2) is 8.42 Å². The molecule has 0 unspecified atom stereocenters. The second-order valence-electron chi connectivity index (χ2n) is 4.68. The molecule has 1 atom stereocenters. The van der Waals surface area contributed by atoms with Crippen LogP contribution in [-0.4, -0.2) is 19.8 Å². The third-order valence-electron chi connectivity index (χ3n) is 3.39. The van der Waals surface area contributed by atoms with Gasteiger partial charge in [0, 0.05) is 22.6 Å². The highest BCUT2D eigenvalue weighted by Crippen LogP contribution is 2.30. The molecule has 0 bridgehead atoms. The number of hydrogen-bond acceptors (Lipinski definition) is 2. The number of benzene rings is 2. The molecule has 0 amide bonds. The average molecular weight is 389 g/mol. The summed E-state index contributed by atoms with van der Waals surface area (Å²) in [5, 5.41) is 0.627. The van der Waals surface area contributed by atoms with E-state index in [1.165, 1.54) is 4.31 Å². The fourth-order valence-corrected chi connectivity index (χ4v) is 4.41. The molecule has 2 rings (SSSR count). The largest absolute Gasteiger partial charge is 0.244 e. The highest BCUT2D eigenvalue weighted by molar-refractivity contribution is 9.10. The molecule has 2 aromatic rings. The summed E-state index contributed by atoms with van der Waals surface area (Å²) in [5.41, 5.74) is 0.887. The van der Waals surface area contributed by atoms with E-state index in [2.05, 4.69) is 15.9 Å². The lowest BCUT2D eigenvalue weighted by atomic mass is 10.1. The van der Waals surface area contributed by atoms with Gasteiger partial charge in [0.05, 0.1) is 4.90 Å². The van der Waals surface area contributed by atoms with Crippen molar-refractivity contribution in [2.45, 2.75) is 17.9 Å². The van der Waals surface area contributed by atoms with Gasteiger partial charge in [-0.1, -0.05) is 35.9 Å². The topological polar surface area (TPSA) is 37.4 Å². The summed E-state index contributed by atoms with van der Waals surface area (Å²) in [6.45, 7) is 1.84. The lowest BCUT2D eigenvalue weighted by Crippen LogP contribution is -2.30. The molecule has 2 aromatic carbocycles. The predicted octanol–water partition coefficient (Wildman–Crippen LogP) is 4.48. The second-order valence-corrected chi connectivity index (χ2v) is 7.94. The van der Waals surface area contributed by atoms with Crippen molar-refractivity contribution in [1.82, 2.24) is 4.31 Å². The van der Waals surface area contributed by atoms with Gasteiger partial charge >= 0.3 is 0 Å². The molecule has 0 aromatic heterocycles. The normalized spacial score (nSPS) is 13.4. The minimum Gasteiger partial charge on any atom is -0.207 e. The van der Waals surface area contributed by atoms with Gasteiger partial charge in [-0.3, -0.25) is 0 Å². The zero-order valence-electron chi connectivity index (χ0n) is 11.6. The van der Waals surface area contributed by atoms with Crippen LogP contribution >= 0.6 is 27.5 Å². The molecule has 0 saturated heterocycles. The Hall–Kier alpha value is -0.880. The number of sulfonamides is 1. The summed E-state index contributed by atoms with van der Waals surface area (Å²) in [5.74, 6) is 0. The Bertz CT molecular complexity index is 732. The third-order valence-corrected chi connectivity index (χ3v) is 6.58. The van der Waals surface area contributed by atoms with Crippen molar-refractivity contribution in [2.24, 2.45) is 0 Å². The van der Waals surface area contributed by atoms with Gasteiger partial charge in [-0.15, -0.1) is 0 Å². The zero-order valence-corrected chi connectivity index (χ0v) is 14.8. The van der Waals surface area contributed by atoms with Crippen molar-refractivity contribution in [3.8, 4) is 0 Å². The molecule has 0 fully saturated rings. The standard InChI is InChI=1S/C15H15BrClNO2S/c1-11(12-7-9-13(17)10-8-12)18(2)21(19,20)15-6-4-3-5-14(15)16/h3-11H,1-2H3/t11-/m1/s1. The van der Waals surface area contributed by atoms with Crippen LogP contribution in [0.5, 0.6) is 0 Å². The third kappa shape index (κ3) is 3.48. The van der Waals surface area contributed by atoms with Crippen LogP contribution in [0.1, 0.15) is 18.5 Å². The first-order chi connectivity index (χ1) is 9.84. The predicted molar refractivity (Wildman–Crippen MR) is 89.0 cm³/mol. The van der Waals surface area contributed by atoms with E-state index in [0.29, 0.717) is 9.50 Å². The Morgan fingerprint density at radius 1 is 1.10 bits per heavy atom. The van der Waals surface area contributed by atoms with E-state index >= 15 is 0 Å². The first-order valence-electron chi connectivity index (χ1n) is 6.32. The number of rotatable bonds is 4. The lowest BCUT2D eigenvalue weighted by Gasteiger charge is -2.25. The van der Waals surface area contributed by atoms with Crippen molar-refractivity contribution in [2.75, 3.05) is 7.05 Å². The minimum absolute atomic E-state index is 0.258. The number of nitrogens with zero attached hydrogens (tertiary/aromatic N) is 1. The minimum atomic E-state index is -3.57. The second kappa shape index (κ2) is 6.48. The van der Waals surface area contributed by atoms with Crippen LogP contribution in [0.3, 0.4) is 0 Å². The number of halogens is 2. The molecule has 21 heavy (non-hydrogen) atoms. The molecular weight excluding hydrogens is 374 g/mol. The molecule has 3 nitrogen and oxygen atoms in total. The fourth-order valence-electron chi connectivity index (χ4n) is 1.97. The summed E-state index contributed by atoms with van der Waals surface area (Å²) in [4.78, 5) is 0.258. The van der Waals surface area contributed by atoms with Crippen molar-refractivity contribution in [3.63, 3.8) is 0 Å². The van der Waals surface area contributed by atoms with Gasteiger partial charge in [0.15, 0.2) is 0 Å². The molecule has 0 aliphatic rings. The Labute approximate surface area is 138 Å². The Morgan fingerprint density at radius 3 is 2.24 bits per heavy atom. The summed E-state index contributed by atoms with van der Waals surface area (Å²) in [7, 11) is -2.00. The average Bonchev–Trinajstić information content (AvgIpc) is 2.46. The van der Waals surface area contributed by atoms with E-state index < -0.39 is 10.0 Å². The Balaban J connectivity index is 2.36. The summed E-state index contributed by atoms with van der Waals surface area (Å²) >= 11 is 9.16. The van der Waals surface area contributed by atoms with Crippen LogP contribution in [0.2, 0.25) is 5.02 Å². The van der Waals surface area contributed by atoms with Crippen LogP contribution in [0.4, 0.5) is 0 Å². The molecule has 0 radical (unpaired) electrons. The SMILES string of the molecule is C[C@H](c1ccc(Cl)cc1)N(C)S(=O)(=O)c1ccccc1Br. The van der Waals surface area contributed by atoms with Gasteiger partial charge in [-0.05, 0) is 52.7 Å². The zero-order chi connectivity index (χ0) is 15.6. The molecule has 0 spiro atoms. The van der Waals surface area contributed by atoms with E-state index in [4.69, 9.17) is 11.6 Å². The maximum Gasteiger partial charge on any atom is 0.244 e. The Morgan fingerprint density at radius 2 is 1.67 bits per heavy atom. The van der Waals surface area contributed by atoms with E-state index in [9.17, 15) is 8.42 Å². The number of hydrogen-bond donors (Lipinski definition) is 0. The quantitative estimate of drug-likeness (QED) is 0.774. The van der Waals surface area contributed by atoms with E-state index in [0.717, 1.165) is 5.56 Å². The maximum atomic E-state index is 12.7. The first-order valence-corrected chi connectivity index (χ1v) is 8.93. The van der Waals surface area contributed by atoms with Gasteiger partial charge < -0.3 is 0 Å². The summed E-state index contributed by atoms with van der Waals surface area (Å²) in [6, 6.07) is 13.7. The van der Waals surface area contributed by atoms with Gasteiger partial charge in [0.1, 0.15) is 0 Å². The molecule has 0 aliphatic heterocycles. The molecule has 112 valence electrons. The van der Waals surface area contributed by atoms with Gasteiger partial charge in [-0.2, -0.15) is 4.31 Å². The molecular formula is C15H15BrClNO2S. The maximum absolute atomic E-state index is 12.7. The van der Waals surface area contributed by atoms with Crippen molar-refractivity contribution in [1.29, 1.82) is 0 Å². The van der Waals surface area contributed by atoms with E-state index in [1.54, 1.807) is 43.4 Å². The van der Waals surface area contributed by atoms with Crippen LogP contribution in [-0.2, 0) is 10.0 Å². The van der Waals surface area contributed by atoms with Crippen LogP contribution in [0, 0.1) is 0 Å². The lowest BCUT2D eigenvalue weighted by molar-refractivity contribution is 0.398. The van der Waals surface area contributed by atoms with E-state index in [1.807, 2.05) is 19.1 Å². The van der Waals surface area contributed by atoms with Gasteiger partial charge in [0.2, 0.25) is 10.0 Å². The molecule has 0 heterocycles. The van der Waals surface area contributed by atoms with Crippen molar-refractivity contribution < 1.29 is 8.42 Å². The van der Waals surface area contributed by atoms with Crippen LogP contribution in [0.15, 0.2) is 57.9 Å². The Kier molecular flexibility index (Phi) is 5.09. The monoisotopic (exact) mass is 387 g/mol. The summed E-state index contributed by atoms with van der Waals surface area (Å²) < 4.78 is 27.3. The fraction of sp³-hybridized carbons (Fsp3) is 0.200. The molecule has 0 saturated carbocycles. The molecule has 6 heteroatoms. The smallest absolute Gasteiger partial charge is 0.207 e. The summed E-state index contributed by atoms with van der Waals surface area (Å²) in [6.07, 6.45) is 0. The molecule has 0 aliphatic carbocycles. The van der Waals surface area contributed by atoms with Crippen molar-refractivity contribution in [3.05, 3.63) is 63.6 Å².